The van der Waals surface area contributed by atoms with Gasteiger partial charge in [-0.1, -0.05) is 30.3 Å². The number of aliphatic imine (C=N–C) groups is 1. The maximum absolute atomic E-state index is 11.9. The standard InChI is InChI=1S/C24H30N4O2/c1-25-22(29)18-9-7-8-17(14-18)16-27-23(26-2)28-20-15-24(12-5-6-13-24)30-21-11-4-3-10-19(20)21/h3-4,7-11,14,20H,5-6,12-13,15-16H2,1-2H3,(H,25,29)(H2,26,27,28). The molecule has 6 heteroatoms. The summed E-state index contributed by atoms with van der Waals surface area (Å²) in [4.78, 5) is 16.3. The lowest BCUT2D eigenvalue weighted by Crippen LogP contribution is -2.46. The van der Waals surface area contributed by atoms with Crippen molar-refractivity contribution < 1.29 is 9.53 Å². The molecule has 0 radical (unpaired) electrons. The average molecular weight is 407 g/mol. The fourth-order valence-corrected chi connectivity index (χ4v) is 4.58. The van der Waals surface area contributed by atoms with Gasteiger partial charge in [-0.25, -0.2) is 0 Å². The number of nitrogens with zero attached hydrogens (tertiary/aromatic N) is 1. The van der Waals surface area contributed by atoms with E-state index in [0.717, 1.165) is 36.5 Å². The highest BCUT2D eigenvalue weighted by Gasteiger charge is 2.43. The van der Waals surface area contributed by atoms with Crippen LogP contribution in [0, 0.1) is 0 Å². The molecule has 1 amide bonds. The Morgan fingerprint density at radius 3 is 2.73 bits per heavy atom. The molecule has 30 heavy (non-hydrogen) atoms. The molecule has 1 spiro atoms. The molecule has 1 unspecified atom stereocenters. The molecule has 0 bridgehead atoms. The smallest absolute Gasteiger partial charge is 0.251 e. The van der Waals surface area contributed by atoms with E-state index in [9.17, 15) is 4.79 Å². The minimum atomic E-state index is -0.0833. The van der Waals surface area contributed by atoms with Crippen LogP contribution in [0.1, 0.15) is 59.6 Å². The molecule has 1 aliphatic carbocycles. The monoisotopic (exact) mass is 406 g/mol. The Morgan fingerprint density at radius 2 is 1.97 bits per heavy atom. The minimum absolute atomic E-state index is 0.0628. The second-order valence-electron chi connectivity index (χ2n) is 8.14. The fraction of sp³-hybridized carbons (Fsp3) is 0.417. The lowest BCUT2D eigenvalue weighted by Gasteiger charge is -2.40. The number of fused-ring (bicyclic) bond motifs is 1. The Hall–Kier alpha value is -3.02. The highest BCUT2D eigenvalue weighted by atomic mass is 16.5. The van der Waals surface area contributed by atoms with Crippen molar-refractivity contribution in [1.82, 2.24) is 16.0 Å². The summed E-state index contributed by atoms with van der Waals surface area (Å²) >= 11 is 0. The van der Waals surface area contributed by atoms with E-state index < -0.39 is 0 Å². The number of hydrogen-bond donors (Lipinski definition) is 3. The average Bonchev–Trinajstić information content (AvgIpc) is 3.23. The molecule has 4 rings (SSSR count). The lowest BCUT2D eigenvalue weighted by atomic mass is 9.86. The van der Waals surface area contributed by atoms with Crippen LogP contribution in [0.2, 0.25) is 0 Å². The number of guanidine groups is 1. The zero-order chi connectivity index (χ0) is 21.0. The first kappa shape index (κ1) is 20.3. The second kappa shape index (κ2) is 8.78. The highest BCUT2D eigenvalue weighted by molar-refractivity contribution is 5.94. The number of hydrogen-bond acceptors (Lipinski definition) is 3. The van der Waals surface area contributed by atoms with Crippen molar-refractivity contribution in [1.29, 1.82) is 0 Å². The third kappa shape index (κ3) is 4.27. The van der Waals surface area contributed by atoms with Gasteiger partial charge in [-0.2, -0.15) is 0 Å². The first-order chi connectivity index (χ1) is 14.6. The molecule has 2 aromatic carbocycles. The van der Waals surface area contributed by atoms with E-state index in [0.29, 0.717) is 12.1 Å². The van der Waals surface area contributed by atoms with Crippen LogP contribution in [-0.4, -0.2) is 31.6 Å². The number of amides is 1. The molecular weight excluding hydrogens is 376 g/mol. The van der Waals surface area contributed by atoms with E-state index in [1.54, 1.807) is 14.1 Å². The Kier molecular flexibility index (Phi) is 5.93. The summed E-state index contributed by atoms with van der Waals surface area (Å²) in [7, 11) is 3.43. The first-order valence-corrected chi connectivity index (χ1v) is 10.7. The molecule has 6 nitrogen and oxygen atoms in total. The Morgan fingerprint density at radius 1 is 1.17 bits per heavy atom. The maximum atomic E-state index is 11.9. The van der Waals surface area contributed by atoms with Gasteiger partial charge in [0, 0.05) is 38.2 Å². The molecule has 0 saturated heterocycles. The number of rotatable bonds is 4. The predicted molar refractivity (Wildman–Crippen MR) is 119 cm³/mol. The van der Waals surface area contributed by atoms with E-state index in [2.05, 4.69) is 39.1 Å². The molecule has 1 aliphatic heterocycles. The van der Waals surface area contributed by atoms with Gasteiger partial charge in [-0.15, -0.1) is 0 Å². The zero-order valence-corrected chi connectivity index (χ0v) is 17.7. The fourth-order valence-electron chi connectivity index (χ4n) is 4.58. The second-order valence-corrected chi connectivity index (χ2v) is 8.14. The summed E-state index contributed by atoms with van der Waals surface area (Å²) in [5, 5.41) is 9.67. The molecular formula is C24H30N4O2. The molecule has 3 N–H and O–H groups in total. The number of ether oxygens (including phenoxy) is 1. The molecule has 1 atom stereocenters. The first-order valence-electron chi connectivity index (χ1n) is 10.7. The van der Waals surface area contributed by atoms with Gasteiger partial charge in [-0.05, 0) is 49.4 Å². The Balaban J connectivity index is 1.46. The number of para-hydroxylation sites is 1. The topological polar surface area (TPSA) is 74.8 Å². The van der Waals surface area contributed by atoms with Crippen LogP contribution in [0.15, 0.2) is 53.5 Å². The summed E-state index contributed by atoms with van der Waals surface area (Å²) in [5.41, 5.74) is 2.80. The van der Waals surface area contributed by atoms with Gasteiger partial charge in [0.25, 0.3) is 5.91 Å². The molecule has 2 aromatic rings. The van der Waals surface area contributed by atoms with Crippen molar-refractivity contribution in [3.63, 3.8) is 0 Å². The number of nitrogens with one attached hydrogen (secondary N) is 3. The van der Waals surface area contributed by atoms with Gasteiger partial charge in [0.2, 0.25) is 0 Å². The van der Waals surface area contributed by atoms with Crippen molar-refractivity contribution in [2.45, 2.75) is 50.3 Å². The van der Waals surface area contributed by atoms with Crippen molar-refractivity contribution in [3.8, 4) is 5.75 Å². The molecule has 1 fully saturated rings. The van der Waals surface area contributed by atoms with Crippen LogP contribution < -0.4 is 20.7 Å². The molecule has 2 aliphatic rings. The highest BCUT2D eigenvalue weighted by Crippen LogP contribution is 2.46. The molecule has 0 aromatic heterocycles. The van der Waals surface area contributed by atoms with Crippen molar-refractivity contribution >= 4 is 11.9 Å². The normalized spacial score (nSPS) is 19.7. The summed E-state index contributed by atoms with van der Waals surface area (Å²) in [6, 6.07) is 16.1. The van der Waals surface area contributed by atoms with Crippen molar-refractivity contribution in [2.24, 2.45) is 4.99 Å². The largest absolute Gasteiger partial charge is 0.487 e. The SMILES string of the molecule is CN=C(NCc1cccc(C(=O)NC)c1)NC1CC2(CCCC2)Oc2ccccc21. The summed E-state index contributed by atoms with van der Waals surface area (Å²) in [5.74, 6) is 1.65. The third-order valence-corrected chi connectivity index (χ3v) is 6.12. The van der Waals surface area contributed by atoms with Crippen LogP contribution in [-0.2, 0) is 6.54 Å². The summed E-state index contributed by atoms with van der Waals surface area (Å²) in [6.45, 7) is 0.584. The zero-order valence-electron chi connectivity index (χ0n) is 17.7. The molecule has 1 heterocycles. The van der Waals surface area contributed by atoms with Gasteiger partial charge < -0.3 is 20.7 Å². The van der Waals surface area contributed by atoms with Gasteiger partial charge in [0.15, 0.2) is 5.96 Å². The number of benzene rings is 2. The lowest BCUT2D eigenvalue weighted by molar-refractivity contribution is 0.0396. The van der Waals surface area contributed by atoms with Crippen LogP contribution in [0.5, 0.6) is 5.75 Å². The van der Waals surface area contributed by atoms with Crippen LogP contribution >= 0.6 is 0 Å². The van der Waals surface area contributed by atoms with Crippen LogP contribution in [0.3, 0.4) is 0 Å². The maximum Gasteiger partial charge on any atom is 0.251 e. The van der Waals surface area contributed by atoms with Gasteiger partial charge in [0.1, 0.15) is 11.4 Å². The van der Waals surface area contributed by atoms with E-state index in [1.807, 2.05) is 30.3 Å². The molecule has 1 saturated carbocycles. The molecule has 158 valence electrons. The van der Waals surface area contributed by atoms with Crippen molar-refractivity contribution in [3.05, 3.63) is 65.2 Å². The van der Waals surface area contributed by atoms with E-state index in [4.69, 9.17) is 4.74 Å². The van der Waals surface area contributed by atoms with E-state index in [1.165, 1.54) is 18.4 Å². The summed E-state index contributed by atoms with van der Waals surface area (Å²) in [6.07, 6.45) is 5.61. The predicted octanol–water partition coefficient (Wildman–Crippen LogP) is 3.55. The van der Waals surface area contributed by atoms with Crippen LogP contribution in [0.25, 0.3) is 0 Å². The number of carbonyl (C=O) groups is 1. The summed E-state index contributed by atoms with van der Waals surface area (Å²) < 4.78 is 6.46. The minimum Gasteiger partial charge on any atom is -0.487 e. The van der Waals surface area contributed by atoms with Gasteiger partial charge >= 0.3 is 0 Å². The van der Waals surface area contributed by atoms with E-state index in [-0.39, 0.29) is 17.6 Å². The third-order valence-electron chi connectivity index (χ3n) is 6.12. The number of carbonyl (C=O) groups excluding carboxylic acids is 1. The van der Waals surface area contributed by atoms with Crippen molar-refractivity contribution in [2.75, 3.05) is 14.1 Å². The van der Waals surface area contributed by atoms with Crippen LogP contribution in [0.4, 0.5) is 0 Å². The van der Waals surface area contributed by atoms with E-state index >= 15 is 0 Å². The Bertz CT molecular complexity index is 934. The Labute approximate surface area is 178 Å². The van der Waals surface area contributed by atoms with Gasteiger partial charge in [-0.3, -0.25) is 9.79 Å². The van der Waals surface area contributed by atoms with Gasteiger partial charge in [0.05, 0.1) is 6.04 Å². The quantitative estimate of drug-likeness (QED) is 0.536.